The second-order valence-electron chi connectivity index (χ2n) is 3.43. The van der Waals surface area contributed by atoms with Crippen LogP contribution in [0.25, 0.3) is 10.2 Å². The van der Waals surface area contributed by atoms with E-state index in [4.69, 9.17) is 4.74 Å². The molecule has 0 aliphatic heterocycles. The molecule has 0 atom stereocenters. The van der Waals surface area contributed by atoms with Crippen LogP contribution in [0.4, 0.5) is 0 Å². The van der Waals surface area contributed by atoms with Crippen molar-refractivity contribution in [3.63, 3.8) is 0 Å². The maximum atomic E-state index is 12.2. The van der Waals surface area contributed by atoms with E-state index in [0.29, 0.717) is 22.0 Å². The SMILES string of the molecule is CCOC(=O)Cn1c(SC)nc2sccc2c1=O. The lowest BCUT2D eigenvalue weighted by Gasteiger charge is -2.09. The van der Waals surface area contributed by atoms with Gasteiger partial charge in [-0.05, 0) is 24.6 Å². The smallest absolute Gasteiger partial charge is 0.326 e. The molecular formula is C11H12N2O3S2. The van der Waals surface area contributed by atoms with Crippen molar-refractivity contribution in [2.45, 2.75) is 18.6 Å². The zero-order valence-corrected chi connectivity index (χ0v) is 11.6. The Morgan fingerprint density at radius 2 is 2.39 bits per heavy atom. The average Bonchev–Trinajstić information content (AvgIpc) is 2.81. The fourth-order valence-corrected chi connectivity index (χ4v) is 2.92. The van der Waals surface area contributed by atoms with Crippen LogP contribution < -0.4 is 5.56 Å². The number of aromatic nitrogens is 2. The Labute approximate surface area is 112 Å². The first-order valence-electron chi connectivity index (χ1n) is 5.35. The van der Waals surface area contributed by atoms with Gasteiger partial charge < -0.3 is 4.74 Å². The molecule has 18 heavy (non-hydrogen) atoms. The van der Waals surface area contributed by atoms with Crippen molar-refractivity contribution in [1.29, 1.82) is 0 Å². The van der Waals surface area contributed by atoms with Gasteiger partial charge in [0.25, 0.3) is 5.56 Å². The summed E-state index contributed by atoms with van der Waals surface area (Å²) in [6.07, 6.45) is 1.82. The maximum Gasteiger partial charge on any atom is 0.326 e. The van der Waals surface area contributed by atoms with Gasteiger partial charge in [0.15, 0.2) is 5.16 Å². The van der Waals surface area contributed by atoms with E-state index in [-0.39, 0.29) is 12.1 Å². The van der Waals surface area contributed by atoms with Crippen LogP contribution in [0, 0.1) is 0 Å². The summed E-state index contributed by atoms with van der Waals surface area (Å²) < 4.78 is 6.22. The van der Waals surface area contributed by atoms with Crippen molar-refractivity contribution in [1.82, 2.24) is 9.55 Å². The van der Waals surface area contributed by atoms with Gasteiger partial charge in [-0.3, -0.25) is 14.2 Å². The number of thiophene rings is 1. The standard InChI is InChI=1S/C11H12N2O3S2/c1-3-16-8(14)6-13-10(15)7-4-5-18-9(7)12-11(13)17-2/h4-5H,3,6H2,1-2H3. The van der Waals surface area contributed by atoms with Crippen molar-refractivity contribution in [3.8, 4) is 0 Å². The fraction of sp³-hybridized carbons (Fsp3) is 0.364. The van der Waals surface area contributed by atoms with Crippen LogP contribution in [0.3, 0.4) is 0 Å². The summed E-state index contributed by atoms with van der Waals surface area (Å²) in [5.41, 5.74) is -0.196. The summed E-state index contributed by atoms with van der Waals surface area (Å²) in [5.74, 6) is -0.425. The van der Waals surface area contributed by atoms with Crippen molar-refractivity contribution in [2.24, 2.45) is 0 Å². The van der Waals surface area contributed by atoms with Gasteiger partial charge in [0.2, 0.25) is 0 Å². The number of nitrogens with zero attached hydrogens (tertiary/aromatic N) is 2. The fourth-order valence-electron chi connectivity index (χ4n) is 1.56. The van der Waals surface area contributed by atoms with Crippen LogP contribution in [0.5, 0.6) is 0 Å². The summed E-state index contributed by atoms with van der Waals surface area (Å²) >= 11 is 2.75. The highest BCUT2D eigenvalue weighted by Gasteiger charge is 2.14. The van der Waals surface area contributed by atoms with E-state index in [0.717, 1.165) is 0 Å². The van der Waals surface area contributed by atoms with Gasteiger partial charge in [-0.15, -0.1) is 11.3 Å². The number of fused-ring (bicyclic) bond motifs is 1. The van der Waals surface area contributed by atoms with Crippen molar-refractivity contribution in [2.75, 3.05) is 12.9 Å². The van der Waals surface area contributed by atoms with Crippen LogP contribution in [-0.4, -0.2) is 28.4 Å². The van der Waals surface area contributed by atoms with E-state index in [1.807, 2.05) is 11.6 Å². The highest BCUT2D eigenvalue weighted by molar-refractivity contribution is 7.98. The lowest BCUT2D eigenvalue weighted by Crippen LogP contribution is -2.27. The molecule has 0 spiro atoms. The highest BCUT2D eigenvalue weighted by Crippen LogP contribution is 2.19. The lowest BCUT2D eigenvalue weighted by molar-refractivity contribution is -0.144. The zero-order chi connectivity index (χ0) is 13.1. The summed E-state index contributed by atoms with van der Waals surface area (Å²) in [7, 11) is 0. The molecule has 0 aromatic carbocycles. The third kappa shape index (κ3) is 2.41. The highest BCUT2D eigenvalue weighted by atomic mass is 32.2. The molecule has 0 saturated carbocycles. The number of esters is 1. The van der Waals surface area contributed by atoms with Gasteiger partial charge in [0.1, 0.15) is 11.4 Å². The molecule has 96 valence electrons. The Morgan fingerprint density at radius 1 is 1.61 bits per heavy atom. The maximum absolute atomic E-state index is 12.2. The summed E-state index contributed by atoms with van der Waals surface area (Å²) in [6.45, 7) is 1.94. The Bertz CT molecular complexity index is 633. The van der Waals surface area contributed by atoms with Gasteiger partial charge >= 0.3 is 5.97 Å². The third-order valence-corrected chi connectivity index (χ3v) is 3.81. The van der Waals surface area contributed by atoms with Gasteiger partial charge in [0.05, 0.1) is 12.0 Å². The van der Waals surface area contributed by atoms with Crippen LogP contribution in [-0.2, 0) is 16.1 Å². The first-order valence-corrected chi connectivity index (χ1v) is 7.45. The second-order valence-corrected chi connectivity index (χ2v) is 5.10. The number of carbonyl (C=O) groups is 1. The van der Waals surface area contributed by atoms with Gasteiger partial charge in [0, 0.05) is 0 Å². The molecule has 2 heterocycles. The molecule has 0 N–H and O–H groups in total. The molecule has 0 bridgehead atoms. The van der Waals surface area contributed by atoms with E-state index in [1.54, 1.807) is 13.0 Å². The summed E-state index contributed by atoms with van der Waals surface area (Å²) in [5, 5.41) is 2.89. The molecule has 0 fully saturated rings. The normalized spacial score (nSPS) is 10.8. The average molecular weight is 284 g/mol. The Kier molecular flexibility index (Phi) is 4.03. The van der Waals surface area contributed by atoms with Crippen LogP contribution in [0.1, 0.15) is 6.92 Å². The van der Waals surface area contributed by atoms with E-state index in [1.165, 1.54) is 27.7 Å². The first-order chi connectivity index (χ1) is 8.67. The molecule has 5 nitrogen and oxygen atoms in total. The Balaban J connectivity index is 2.50. The first kappa shape index (κ1) is 13.1. The number of hydrogen-bond donors (Lipinski definition) is 0. The molecule has 0 saturated heterocycles. The second kappa shape index (κ2) is 5.53. The summed E-state index contributed by atoms with van der Waals surface area (Å²) in [6, 6.07) is 1.72. The number of hydrogen-bond acceptors (Lipinski definition) is 6. The van der Waals surface area contributed by atoms with Crippen molar-refractivity contribution in [3.05, 3.63) is 21.8 Å². The van der Waals surface area contributed by atoms with Crippen LogP contribution >= 0.6 is 23.1 Å². The predicted octanol–water partition coefficient (Wildman–Crippen LogP) is 1.74. The van der Waals surface area contributed by atoms with Gasteiger partial charge in [-0.25, -0.2) is 4.98 Å². The molecule has 7 heteroatoms. The van der Waals surface area contributed by atoms with Crippen molar-refractivity contribution < 1.29 is 9.53 Å². The predicted molar refractivity (Wildman–Crippen MR) is 72.3 cm³/mol. The van der Waals surface area contributed by atoms with Gasteiger partial charge in [-0.2, -0.15) is 0 Å². The molecule has 0 aliphatic rings. The molecule has 0 aliphatic carbocycles. The van der Waals surface area contributed by atoms with Crippen LogP contribution in [0.2, 0.25) is 0 Å². The topological polar surface area (TPSA) is 61.2 Å². The zero-order valence-electron chi connectivity index (χ0n) is 10.0. The van der Waals surface area contributed by atoms with E-state index >= 15 is 0 Å². The minimum absolute atomic E-state index is 0.0956. The number of ether oxygens (including phenoxy) is 1. The monoisotopic (exact) mass is 284 g/mol. The van der Waals surface area contributed by atoms with E-state index < -0.39 is 5.97 Å². The van der Waals surface area contributed by atoms with E-state index in [9.17, 15) is 9.59 Å². The quantitative estimate of drug-likeness (QED) is 0.486. The number of carbonyl (C=O) groups excluding carboxylic acids is 1. The third-order valence-electron chi connectivity index (χ3n) is 2.32. The molecule has 0 radical (unpaired) electrons. The minimum Gasteiger partial charge on any atom is -0.465 e. The molecule has 2 aromatic rings. The molecule has 2 aromatic heterocycles. The molecule has 0 amide bonds. The minimum atomic E-state index is -0.425. The molecule has 2 rings (SSSR count). The largest absolute Gasteiger partial charge is 0.465 e. The Morgan fingerprint density at radius 3 is 3.06 bits per heavy atom. The van der Waals surface area contributed by atoms with Crippen LogP contribution in [0.15, 0.2) is 21.4 Å². The number of thioether (sulfide) groups is 1. The van der Waals surface area contributed by atoms with Gasteiger partial charge in [-0.1, -0.05) is 11.8 Å². The summed E-state index contributed by atoms with van der Waals surface area (Å²) in [4.78, 5) is 28.8. The lowest BCUT2D eigenvalue weighted by atomic mass is 10.4. The number of rotatable bonds is 4. The van der Waals surface area contributed by atoms with E-state index in [2.05, 4.69) is 4.98 Å². The molecular weight excluding hydrogens is 272 g/mol. The molecule has 0 unspecified atom stereocenters. The Hall–Kier alpha value is -1.34. The van der Waals surface area contributed by atoms with Crippen molar-refractivity contribution >= 4 is 39.3 Å².